The van der Waals surface area contributed by atoms with E-state index < -0.39 is 41.8 Å². The van der Waals surface area contributed by atoms with Gasteiger partial charge in [0.05, 0.1) is 11.7 Å². The fraction of sp³-hybridized carbons (Fsp3) is 0.488. The molecule has 15 heteroatoms. The molecule has 3 aromatic rings. The van der Waals surface area contributed by atoms with E-state index in [4.69, 9.17) is 9.72 Å². The molecule has 6 rings (SSSR count). The molecule has 1 aromatic heterocycles. The number of hydrogen-bond donors (Lipinski definition) is 3. The van der Waals surface area contributed by atoms with E-state index in [1.54, 1.807) is 18.0 Å². The quantitative estimate of drug-likeness (QED) is 0.131. The molecule has 2 fully saturated rings. The molecule has 4 unspecified atom stereocenters. The van der Waals surface area contributed by atoms with E-state index in [1.165, 1.54) is 17.1 Å². The highest BCUT2D eigenvalue weighted by Crippen LogP contribution is 2.38. The monoisotopic (exact) mass is 777 g/mol. The molecule has 5 amide bonds. The lowest BCUT2D eigenvalue weighted by molar-refractivity contribution is -0.137. The van der Waals surface area contributed by atoms with Crippen molar-refractivity contribution in [2.24, 2.45) is 11.8 Å². The van der Waals surface area contributed by atoms with E-state index in [9.17, 15) is 23.6 Å². The van der Waals surface area contributed by atoms with Gasteiger partial charge in [-0.1, -0.05) is 36.8 Å². The Bertz CT molecular complexity index is 1850. The number of benzene rings is 2. The van der Waals surface area contributed by atoms with Crippen molar-refractivity contribution in [3.05, 3.63) is 89.9 Å². The summed E-state index contributed by atoms with van der Waals surface area (Å²) in [5.41, 5.74) is 1.13. The van der Waals surface area contributed by atoms with Crippen LogP contribution in [0.1, 0.15) is 62.9 Å². The summed E-state index contributed by atoms with van der Waals surface area (Å²) in [7, 11) is 0. The molecule has 300 valence electrons. The van der Waals surface area contributed by atoms with Crippen LogP contribution in [-0.4, -0.2) is 101 Å². The van der Waals surface area contributed by atoms with E-state index in [2.05, 4.69) is 16.0 Å². The normalized spacial score (nSPS) is 19.7. The first kappa shape index (κ1) is 40.6. The fourth-order valence-corrected chi connectivity index (χ4v) is 7.57. The van der Waals surface area contributed by atoms with Gasteiger partial charge in [0.15, 0.2) is 0 Å². The second kappa shape index (κ2) is 19.2. The highest BCUT2D eigenvalue weighted by molar-refractivity contribution is 6.12. The number of amides is 5. The maximum atomic E-state index is 15.3. The number of imidazole rings is 1. The maximum absolute atomic E-state index is 15.3. The molecule has 3 aliphatic rings. The van der Waals surface area contributed by atoms with Crippen LogP contribution in [0.3, 0.4) is 0 Å². The lowest BCUT2D eigenvalue weighted by atomic mass is 9.89. The highest BCUT2D eigenvalue weighted by Gasteiger charge is 2.40. The van der Waals surface area contributed by atoms with Gasteiger partial charge in [-0.25, -0.2) is 22.9 Å². The molecule has 2 aromatic carbocycles. The molecule has 4 atom stereocenters. The molecule has 0 bridgehead atoms. The Kier molecular flexibility index (Phi) is 13.9. The number of alkyl halides is 1. The second-order valence-electron chi connectivity index (χ2n) is 14.8. The Morgan fingerprint density at radius 2 is 1.77 bits per heavy atom. The van der Waals surface area contributed by atoms with Gasteiger partial charge in [0.1, 0.15) is 23.6 Å². The third kappa shape index (κ3) is 10.4. The van der Waals surface area contributed by atoms with Crippen LogP contribution in [0.15, 0.2) is 66.9 Å². The van der Waals surface area contributed by atoms with Crippen LogP contribution in [0, 0.1) is 23.5 Å². The van der Waals surface area contributed by atoms with Crippen LogP contribution in [0.5, 0.6) is 0 Å². The molecule has 0 aliphatic carbocycles. The van der Waals surface area contributed by atoms with E-state index in [0.717, 1.165) is 23.8 Å². The summed E-state index contributed by atoms with van der Waals surface area (Å²) in [6.45, 7) is 4.06. The number of imide groups is 1. The van der Waals surface area contributed by atoms with Gasteiger partial charge in [0, 0.05) is 94.8 Å². The summed E-state index contributed by atoms with van der Waals surface area (Å²) >= 11 is 0. The first-order chi connectivity index (χ1) is 27.1. The average molecular weight is 778 g/mol. The number of nitrogens with zero attached hydrogens (tertiary/aromatic N) is 4. The molecular formula is C41H50F3N7O5. The van der Waals surface area contributed by atoms with Crippen LogP contribution >= 0.6 is 0 Å². The number of hydrogen-bond acceptors (Lipinski definition) is 7. The third-order valence-electron chi connectivity index (χ3n) is 10.6. The minimum Gasteiger partial charge on any atom is -0.381 e. The minimum absolute atomic E-state index is 0.0120. The number of carbonyl (C=O) groups is 4. The second-order valence-corrected chi connectivity index (χ2v) is 14.8. The van der Waals surface area contributed by atoms with Crippen molar-refractivity contribution in [1.82, 2.24) is 35.3 Å². The van der Waals surface area contributed by atoms with Crippen molar-refractivity contribution in [2.45, 2.75) is 70.2 Å². The van der Waals surface area contributed by atoms with Gasteiger partial charge >= 0.3 is 6.03 Å². The van der Waals surface area contributed by atoms with Gasteiger partial charge in [-0.3, -0.25) is 19.3 Å². The number of halogens is 3. The van der Waals surface area contributed by atoms with E-state index in [0.29, 0.717) is 70.8 Å². The molecule has 4 heterocycles. The number of rotatable bonds is 17. The van der Waals surface area contributed by atoms with Gasteiger partial charge in [0.25, 0.3) is 11.8 Å². The lowest BCUT2D eigenvalue weighted by Gasteiger charge is -2.40. The fourth-order valence-electron chi connectivity index (χ4n) is 7.57. The van der Waals surface area contributed by atoms with Crippen LogP contribution in [0.2, 0.25) is 0 Å². The number of urea groups is 1. The Morgan fingerprint density at radius 1 is 1.02 bits per heavy atom. The Hall–Kier alpha value is -5.02. The average Bonchev–Trinajstić information content (AvgIpc) is 3.89. The zero-order valence-corrected chi connectivity index (χ0v) is 31.6. The molecule has 0 spiro atoms. The van der Waals surface area contributed by atoms with Gasteiger partial charge < -0.3 is 30.2 Å². The molecule has 56 heavy (non-hydrogen) atoms. The number of unbranched alkanes of at least 4 members (excludes halogenated alkanes) is 2. The minimum atomic E-state index is -1.19. The van der Waals surface area contributed by atoms with E-state index in [-0.39, 0.29) is 61.0 Å². The van der Waals surface area contributed by atoms with Crippen molar-refractivity contribution in [3.63, 3.8) is 0 Å². The molecule has 0 radical (unpaired) electrons. The largest absolute Gasteiger partial charge is 0.381 e. The number of ether oxygens (including phenoxy) is 1. The van der Waals surface area contributed by atoms with Crippen molar-refractivity contribution in [2.75, 3.05) is 45.9 Å². The highest BCUT2D eigenvalue weighted by atomic mass is 19.1. The molecule has 3 aliphatic heterocycles. The Balaban J connectivity index is 1.21. The van der Waals surface area contributed by atoms with Gasteiger partial charge in [0.2, 0.25) is 5.91 Å². The molecule has 2 saturated heterocycles. The summed E-state index contributed by atoms with van der Waals surface area (Å²) in [6, 6.07) is 11.2. The molecule has 0 saturated carbocycles. The SMILES string of the molecule is CC(CNC(=O)CCCCCN1C(=O)C=CC1=O)NC(=O)N(CC1CNCC1F)C(c1nc(-c2cc(F)ccc2F)cn1Cc1ccccc1)C1CCOCC1. The van der Waals surface area contributed by atoms with Crippen molar-refractivity contribution >= 4 is 23.8 Å². The summed E-state index contributed by atoms with van der Waals surface area (Å²) in [5, 5.41) is 8.99. The van der Waals surface area contributed by atoms with Crippen molar-refractivity contribution in [3.8, 4) is 11.3 Å². The predicted molar refractivity (Wildman–Crippen MR) is 203 cm³/mol. The third-order valence-corrected chi connectivity index (χ3v) is 10.6. The number of carbonyl (C=O) groups excluding carboxylic acids is 4. The van der Waals surface area contributed by atoms with Crippen LogP contribution < -0.4 is 16.0 Å². The summed E-state index contributed by atoms with van der Waals surface area (Å²) < 4.78 is 52.6. The van der Waals surface area contributed by atoms with Crippen molar-refractivity contribution in [1.29, 1.82) is 0 Å². The zero-order valence-electron chi connectivity index (χ0n) is 31.6. The molecular weight excluding hydrogens is 727 g/mol. The zero-order chi connectivity index (χ0) is 39.6. The van der Waals surface area contributed by atoms with E-state index in [1.807, 2.05) is 34.9 Å². The van der Waals surface area contributed by atoms with Crippen LogP contribution in [-0.2, 0) is 25.7 Å². The van der Waals surface area contributed by atoms with Crippen LogP contribution in [0.4, 0.5) is 18.0 Å². The van der Waals surface area contributed by atoms with Gasteiger partial charge in [-0.2, -0.15) is 0 Å². The molecule has 12 nitrogen and oxygen atoms in total. The topological polar surface area (TPSA) is 138 Å². The van der Waals surface area contributed by atoms with Gasteiger partial charge in [-0.15, -0.1) is 0 Å². The Morgan fingerprint density at radius 3 is 2.48 bits per heavy atom. The summed E-state index contributed by atoms with van der Waals surface area (Å²) in [6.07, 6.45) is 6.20. The smallest absolute Gasteiger partial charge is 0.318 e. The maximum Gasteiger partial charge on any atom is 0.318 e. The first-order valence-corrected chi connectivity index (χ1v) is 19.4. The predicted octanol–water partition coefficient (Wildman–Crippen LogP) is 4.90. The van der Waals surface area contributed by atoms with Crippen molar-refractivity contribution < 1.29 is 37.1 Å². The number of nitrogens with one attached hydrogen (secondary N) is 3. The lowest BCUT2D eigenvalue weighted by Crippen LogP contribution is -2.52. The number of aromatic nitrogens is 2. The van der Waals surface area contributed by atoms with Gasteiger partial charge in [-0.05, 0) is 62.3 Å². The molecule has 3 N–H and O–H groups in total. The standard InChI is InChI=1S/C41H50F3N7O5/c1-27(21-46-36(52)10-6-3-7-17-50-37(53)13-14-38(50)54)47-41(55)51(25-30-22-45-23-34(30)44)39(29-15-18-56-19-16-29)40-48-35(32-20-31(42)11-12-33(32)43)26-49(40)24-28-8-4-2-5-9-28/h2,4-5,8-9,11-14,20,26-27,29-30,34,39,45H,3,6-7,10,15-19,21-25H2,1H3,(H,46,52)(H,47,55). The summed E-state index contributed by atoms with van der Waals surface area (Å²) in [4.78, 5) is 58.5. The Labute approximate surface area is 324 Å². The first-order valence-electron chi connectivity index (χ1n) is 19.4. The van der Waals surface area contributed by atoms with Crippen LogP contribution in [0.25, 0.3) is 11.3 Å². The van der Waals surface area contributed by atoms with E-state index >= 15 is 8.78 Å². The summed E-state index contributed by atoms with van der Waals surface area (Å²) in [5.74, 6) is -2.30.